The number of hydrogen-bond donors (Lipinski definition) is 2. The number of nitrogens with zero attached hydrogens (tertiary/aromatic N) is 14. The number of likely N-dealkylation sites (tertiary alicyclic amines) is 1. The lowest BCUT2D eigenvalue weighted by Gasteiger charge is -2.37. The highest BCUT2D eigenvalue weighted by molar-refractivity contribution is 6.90. The van der Waals surface area contributed by atoms with Crippen LogP contribution in [0.15, 0.2) is 85.2 Å². The zero-order valence-corrected chi connectivity index (χ0v) is 58.0. The number of para-hydroxylation sites is 4. The first-order valence-electron chi connectivity index (χ1n) is 32.8. The molecule has 4 aromatic carbocycles. The van der Waals surface area contributed by atoms with Crippen LogP contribution in [0.2, 0.25) is 16.6 Å². The van der Waals surface area contributed by atoms with Gasteiger partial charge in [-0.3, -0.25) is 5.10 Å². The fourth-order valence-corrected chi connectivity index (χ4v) is 18.1. The molecule has 18 nitrogen and oxygen atoms in total. The Balaban J connectivity index is 0.000000151. The molecular weight excluding hydrogens is 1200 g/mol. The van der Waals surface area contributed by atoms with Crippen molar-refractivity contribution in [1.29, 1.82) is 0 Å². The van der Waals surface area contributed by atoms with Crippen LogP contribution >= 0.6 is 0 Å². The molecule has 0 spiro atoms. The van der Waals surface area contributed by atoms with Crippen LogP contribution in [-0.4, -0.2) is 120 Å². The van der Waals surface area contributed by atoms with E-state index >= 15 is 0 Å². The Hall–Kier alpha value is -8.23. The van der Waals surface area contributed by atoms with Gasteiger partial charge in [0.25, 0.3) is 0 Å². The van der Waals surface area contributed by atoms with E-state index in [1.807, 2.05) is 69.8 Å². The first-order valence-corrected chi connectivity index (χ1v) is 35.0. The zero-order valence-electron chi connectivity index (χ0n) is 57.0. The number of hydrogen-bond acceptors (Lipinski definition) is 11. The smallest absolute Gasteiger partial charge is 0.410 e. The Kier molecular flexibility index (Phi) is 21.5. The number of amides is 1. The van der Waals surface area contributed by atoms with Crippen molar-refractivity contribution in [2.45, 2.75) is 201 Å². The van der Waals surface area contributed by atoms with Gasteiger partial charge < -0.3 is 15.0 Å². The van der Waals surface area contributed by atoms with Crippen molar-refractivity contribution in [1.82, 2.24) is 79.7 Å². The molecular formula is C70H92F4N16O2Si. The lowest BCUT2D eigenvalue weighted by atomic mass is 10.1. The van der Waals surface area contributed by atoms with Gasteiger partial charge in [0.05, 0.1) is 41.6 Å². The van der Waals surface area contributed by atoms with Crippen LogP contribution in [0, 0.1) is 34.9 Å². The third-order valence-electron chi connectivity index (χ3n) is 17.7. The molecule has 6 aromatic heterocycles. The molecule has 2 aliphatic rings. The van der Waals surface area contributed by atoms with Crippen molar-refractivity contribution in [3.63, 3.8) is 0 Å². The number of aromatic nitrogens is 14. The van der Waals surface area contributed by atoms with Crippen molar-refractivity contribution in [2.75, 3.05) is 26.2 Å². The minimum Gasteiger partial charge on any atom is -0.444 e. The second kappa shape index (κ2) is 29.0. The van der Waals surface area contributed by atoms with Crippen LogP contribution in [0.5, 0.6) is 0 Å². The maximum Gasteiger partial charge on any atom is 0.410 e. The van der Waals surface area contributed by atoms with E-state index in [0.717, 1.165) is 83.1 Å². The second-order valence-corrected chi connectivity index (χ2v) is 33.2. The molecule has 93 heavy (non-hydrogen) atoms. The SMILES string of the molecule is CC(C)c1[nH]nc2c(F)cccc12.CC(C)c1nn(-c2cn(C3CCN(C(=O)OC(C)(C)C)CC3)nn2)c2c(F)cccc12.CC(C)c1nn(-c2cn(C3CCNCC3)nn2)c2c(F)cccc12.CC(C)c1nn(C#C[Si](C(C)C)(C(C)C)C(C)C)c2c(F)cccc12. The van der Waals surface area contributed by atoms with Crippen LogP contribution in [0.3, 0.4) is 0 Å². The third-order valence-corrected chi connectivity index (χ3v) is 24.0. The van der Waals surface area contributed by atoms with Crippen molar-refractivity contribution in [3.8, 4) is 23.2 Å². The number of fused-ring (bicyclic) bond motifs is 4. The van der Waals surface area contributed by atoms with Gasteiger partial charge in [0.2, 0.25) is 0 Å². The summed E-state index contributed by atoms with van der Waals surface area (Å²) in [7, 11) is -1.88. The molecule has 2 saturated heterocycles. The fourth-order valence-electron chi connectivity index (χ4n) is 13.0. The maximum absolute atomic E-state index is 14.6. The number of piperidine rings is 2. The summed E-state index contributed by atoms with van der Waals surface area (Å²) in [6, 6.07) is 24.0. The van der Waals surface area contributed by atoms with Gasteiger partial charge in [0.1, 0.15) is 53.2 Å². The summed E-state index contributed by atoms with van der Waals surface area (Å²) in [6.45, 7) is 38.9. The van der Waals surface area contributed by atoms with Gasteiger partial charge in [-0.15, -0.1) is 15.7 Å². The maximum atomic E-state index is 14.6. The summed E-state index contributed by atoms with van der Waals surface area (Å²) in [5.41, 5.74) is 10.2. The van der Waals surface area contributed by atoms with Crippen molar-refractivity contribution in [2.24, 2.45) is 0 Å². The predicted octanol–water partition coefficient (Wildman–Crippen LogP) is 16.4. The predicted molar refractivity (Wildman–Crippen MR) is 363 cm³/mol. The number of benzene rings is 4. The number of carbonyl (C=O) groups is 1. The molecule has 10 aromatic rings. The molecule has 0 atom stereocenters. The molecule has 0 saturated carbocycles. The normalized spacial score (nSPS) is 14.4. The van der Waals surface area contributed by atoms with E-state index in [-0.39, 0.29) is 53.2 Å². The molecule has 2 aliphatic heterocycles. The number of halogens is 4. The second-order valence-electron chi connectivity index (χ2n) is 27.6. The number of H-pyrrole nitrogens is 1. The lowest BCUT2D eigenvalue weighted by molar-refractivity contribution is 0.0184. The van der Waals surface area contributed by atoms with Gasteiger partial charge in [0, 0.05) is 46.4 Å². The van der Waals surface area contributed by atoms with Crippen molar-refractivity contribution < 1.29 is 27.1 Å². The monoisotopic (exact) mass is 1290 g/mol. The summed E-state index contributed by atoms with van der Waals surface area (Å²) in [5.74, 6) is 0.833. The minimum atomic E-state index is -1.88. The van der Waals surface area contributed by atoms with E-state index in [9.17, 15) is 22.4 Å². The summed E-state index contributed by atoms with van der Waals surface area (Å²) in [5, 5.41) is 44.5. The van der Waals surface area contributed by atoms with Crippen LogP contribution in [0.1, 0.15) is 202 Å². The molecule has 23 heteroatoms. The Morgan fingerprint density at radius 2 is 0.978 bits per heavy atom. The zero-order chi connectivity index (χ0) is 67.4. The number of ether oxygens (including phenoxy) is 1. The largest absolute Gasteiger partial charge is 0.444 e. The molecule has 0 aliphatic carbocycles. The van der Waals surface area contributed by atoms with Crippen LogP contribution in [0.25, 0.3) is 55.2 Å². The molecule has 8 heterocycles. The average Bonchev–Trinajstić information content (AvgIpc) is 1.65. The van der Waals surface area contributed by atoms with E-state index in [2.05, 4.69) is 146 Å². The van der Waals surface area contributed by atoms with Gasteiger partial charge in [0.15, 0.2) is 17.5 Å². The number of nitrogens with one attached hydrogen (secondary N) is 2. The van der Waals surface area contributed by atoms with Crippen LogP contribution in [0.4, 0.5) is 22.4 Å². The molecule has 496 valence electrons. The van der Waals surface area contributed by atoms with E-state index in [1.54, 1.807) is 54.1 Å². The quantitative estimate of drug-likeness (QED) is 0.0713. The highest BCUT2D eigenvalue weighted by Crippen LogP contribution is 2.41. The Bertz CT molecular complexity index is 4230. The average molecular weight is 1290 g/mol. The molecule has 0 radical (unpaired) electrons. The Morgan fingerprint density at radius 1 is 0.559 bits per heavy atom. The van der Waals surface area contributed by atoms with Gasteiger partial charge in [-0.1, -0.05) is 156 Å². The van der Waals surface area contributed by atoms with E-state index < -0.39 is 13.7 Å². The molecule has 0 bridgehead atoms. The van der Waals surface area contributed by atoms with Gasteiger partial charge in [-0.05, 0) is 124 Å². The topological polar surface area (TPSA) is 185 Å². The molecule has 1 amide bonds. The highest BCUT2D eigenvalue weighted by Gasteiger charge is 2.42. The van der Waals surface area contributed by atoms with E-state index in [0.29, 0.717) is 75.4 Å². The van der Waals surface area contributed by atoms with Gasteiger partial charge >= 0.3 is 6.09 Å². The lowest BCUT2D eigenvalue weighted by Crippen LogP contribution is -2.43. The summed E-state index contributed by atoms with van der Waals surface area (Å²) in [4.78, 5) is 14.0. The molecule has 0 unspecified atom stereocenters. The van der Waals surface area contributed by atoms with Crippen LogP contribution < -0.4 is 5.32 Å². The highest BCUT2D eigenvalue weighted by atomic mass is 28.3. The summed E-state index contributed by atoms with van der Waals surface area (Å²) < 4.78 is 70.6. The standard InChI is InChI=1S/C22H29FN6O2.C21H31FN2Si.C17H21FN6.C10H11FN2/c1-14(2)19-16-7-6-8-17(23)20(16)29(25-19)18-13-28(26-24-18)15-9-11-27(12-10-15)21(30)31-22(3,4)5;1-14(2)20-18-10-9-11-19(22)21(18)24(23-20)12-13-25(15(3)4,16(5)6)17(7)8;1-11(2)16-13-4-3-5-14(18)17(13)24(21-16)15-10-23(22-20-15)12-6-8-19-9-7-12;1-6(2)9-7-4-3-5-8(11)10(7)13-12-9/h6-8,13-15H,9-12H2,1-5H3;9-11,14-17H,1-8H3;3-5,10-12,19H,6-9H2,1-2H3;3-6H,1-2H3,(H,12,13). The number of aromatic amines is 1. The van der Waals surface area contributed by atoms with Crippen molar-refractivity contribution in [3.05, 3.63) is 131 Å². The number of rotatable bonds is 11. The van der Waals surface area contributed by atoms with Crippen molar-refractivity contribution >= 4 is 57.8 Å². The first kappa shape index (κ1) is 69.1. The minimum absolute atomic E-state index is 0.108. The fraction of sp³-hybridized carbons (Fsp3) is 0.500. The Morgan fingerprint density at radius 3 is 1.42 bits per heavy atom. The molecule has 12 rings (SSSR count). The van der Waals surface area contributed by atoms with E-state index in [1.165, 1.54) is 24.3 Å². The molecule has 2 fully saturated rings. The Labute approximate surface area is 544 Å². The number of carbonyl (C=O) groups excluding carboxylic acids is 1. The van der Waals surface area contributed by atoms with Gasteiger partial charge in [-0.2, -0.15) is 25.1 Å². The van der Waals surface area contributed by atoms with Gasteiger partial charge in [-0.25, -0.2) is 41.1 Å². The molecule has 2 N–H and O–H groups in total. The van der Waals surface area contributed by atoms with E-state index in [4.69, 9.17) is 4.74 Å². The first-order chi connectivity index (χ1) is 44.1. The summed E-state index contributed by atoms with van der Waals surface area (Å²) >= 11 is 0. The third kappa shape index (κ3) is 14.9. The van der Waals surface area contributed by atoms with Crippen LogP contribution in [-0.2, 0) is 4.74 Å². The summed E-state index contributed by atoms with van der Waals surface area (Å²) in [6.07, 6.45) is 6.92.